The largest absolute Gasteiger partial charge is 0.302 e. The number of hydrogen-bond acceptors (Lipinski definition) is 1. The molecule has 0 radical (unpaired) electrons. The Morgan fingerprint density at radius 1 is 1.20 bits per heavy atom. The third-order valence-corrected chi connectivity index (χ3v) is 2.33. The minimum Gasteiger partial charge on any atom is -0.302 e. The summed E-state index contributed by atoms with van der Waals surface area (Å²) in [6.07, 6.45) is 2.63. The van der Waals surface area contributed by atoms with Gasteiger partial charge in [0.1, 0.15) is 0 Å². The molecule has 0 N–H and O–H groups in total. The summed E-state index contributed by atoms with van der Waals surface area (Å²) >= 11 is 0. The number of likely N-dealkylation sites (N-methyl/N-ethyl adjacent to an activating group) is 1. The minimum atomic E-state index is 1.17. The Morgan fingerprint density at radius 2 is 1.90 bits per heavy atom. The summed E-state index contributed by atoms with van der Waals surface area (Å²) in [7, 11) is 2.20. The minimum absolute atomic E-state index is 1.17. The standard InChI is InChI=1S/C9H17N/c1-8-5-4-6-10(3)7-9(8)2/h4-7H2,1-3H3. The van der Waals surface area contributed by atoms with Crippen molar-refractivity contribution in [1.82, 2.24) is 4.90 Å². The van der Waals surface area contributed by atoms with Gasteiger partial charge in [-0.3, -0.25) is 0 Å². The van der Waals surface area contributed by atoms with Crippen molar-refractivity contribution in [2.45, 2.75) is 26.7 Å². The van der Waals surface area contributed by atoms with Crippen LogP contribution in [0.4, 0.5) is 0 Å². The number of hydrogen-bond donors (Lipinski definition) is 0. The highest BCUT2D eigenvalue weighted by atomic mass is 15.1. The van der Waals surface area contributed by atoms with E-state index in [-0.39, 0.29) is 0 Å². The van der Waals surface area contributed by atoms with Crippen LogP contribution in [0.15, 0.2) is 11.1 Å². The first-order chi connectivity index (χ1) is 4.70. The molecule has 58 valence electrons. The van der Waals surface area contributed by atoms with Crippen molar-refractivity contribution >= 4 is 0 Å². The fraction of sp³-hybridized carbons (Fsp3) is 0.778. The molecule has 0 bridgehead atoms. The molecule has 0 aromatic heterocycles. The van der Waals surface area contributed by atoms with Gasteiger partial charge in [0.25, 0.3) is 0 Å². The maximum Gasteiger partial charge on any atom is 0.0189 e. The van der Waals surface area contributed by atoms with Crippen LogP contribution in [-0.2, 0) is 0 Å². The first-order valence-electron chi connectivity index (χ1n) is 4.04. The van der Waals surface area contributed by atoms with Gasteiger partial charge in [-0.25, -0.2) is 0 Å². The van der Waals surface area contributed by atoms with Gasteiger partial charge in [-0.2, -0.15) is 0 Å². The summed E-state index contributed by atoms with van der Waals surface area (Å²) < 4.78 is 0. The predicted molar refractivity (Wildman–Crippen MR) is 45.1 cm³/mol. The second-order valence-corrected chi connectivity index (χ2v) is 3.40. The quantitative estimate of drug-likeness (QED) is 0.464. The molecule has 0 saturated heterocycles. The van der Waals surface area contributed by atoms with Crippen molar-refractivity contribution in [3.8, 4) is 0 Å². The van der Waals surface area contributed by atoms with E-state index in [9.17, 15) is 0 Å². The molecule has 0 aromatic carbocycles. The third kappa shape index (κ3) is 1.84. The van der Waals surface area contributed by atoms with Crippen molar-refractivity contribution < 1.29 is 0 Å². The molecular weight excluding hydrogens is 122 g/mol. The lowest BCUT2D eigenvalue weighted by atomic mass is 10.1. The van der Waals surface area contributed by atoms with Gasteiger partial charge in [0.2, 0.25) is 0 Å². The second-order valence-electron chi connectivity index (χ2n) is 3.40. The molecule has 0 amide bonds. The predicted octanol–water partition coefficient (Wildman–Crippen LogP) is 2.05. The molecule has 0 spiro atoms. The number of nitrogens with zero attached hydrogens (tertiary/aromatic N) is 1. The summed E-state index contributed by atoms with van der Waals surface area (Å²) in [5.74, 6) is 0. The lowest BCUT2D eigenvalue weighted by Crippen LogP contribution is -2.19. The van der Waals surface area contributed by atoms with Crippen molar-refractivity contribution in [3.63, 3.8) is 0 Å². The third-order valence-electron chi connectivity index (χ3n) is 2.33. The second kappa shape index (κ2) is 3.20. The number of allylic oxidation sites excluding steroid dienone is 1. The Labute approximate surface area is 63.7 Å². The van der Waals surface area contributed by atoms with E-state index in [1.165, 1.54) is 25.9 Å². The van der Waals surface area contributed by atoms with E-state index in [0.717, 1.165) is 0 Å². The molecule has 0 saturated carbocycles. The average molecular weight is 139 g/mol. The highest BCUT2D eigenvalue weighted by Crippen LogP contribution is 2.15. The summed E-state index contributed by atoms with van der Waals surface area (Å²) in [6, 6.07) is 0. The molecule has 1 aliphatic heterocycles. The number of rotatable bonds is 0. The van der Waals surface area contributed by atoms with Crippen molar-refractivity contribution in [2.24, 2.45) is 0 Å². The summed E-state index contributed by atoms with van der Waals surface area (Å²) in [4.78, 5) is 2.39. The summed E-state index contributed by atoms with van der Waals surface area (Å²) in [5.41, 5.74) is 3.17. The first-order valence-corrected chi connectivity index (χ1v) is 4.04. The average Bonchev–Trinajstić information content (AvgIpc) is 1.96. The SMILES string of the molecule is CC1=C(C)CN(C)CCC1. The Morgan fingerprint density at radius 3 is 2.60 bits per heavy atom. The summed E-state index contributed by atoms with van der Waals surface area (Å²) in [6.45, 7) is 6.94. The van der Waals surface area contributed by atoms with Crippen LogP contribution in [0.2, 0.25) is 0 Å². The molecule has 1 heteroatoms. The fourth-order valence-corrected chi connectivity index (χ4v) is 1.45. The van der Waals surface area contributed by atoms with E-state index in [2.05, 4.69) is 25.8 Å². The molecule has 10 heavy (non-hydrogen) atoms. The topological polar surface area (TPSA) is 3.24 Å². The smallest absolute Gasteiger partial charge is 0.0189 e. The molecule has 0 fully saturated rings. The van der Waals surface area contributed by atoms with Gasteiger partial charge in [0.05, 0.1) is 0 Å². The van der Waals surface area contributed by atoms with Gasteiger partial charge >= 0.3 is 0 Å². The van der Waals surface area contributed by atoms with Crippen molar-refractivity contribution in [3.05, 3.63) is 11.1 Å². The zero-order chi connectivity index (χ0) is 7.56. The van der Waals surface area contributed by atoms with Gasteiger partial charge < -0.3 is 4.90 Å². The van der Waals surface area contributed by atoms with Crippen LogP contribution in [0.1, 0.15) is 26.7 Å². The van der Waals surface area contributed by atoms with Gasteiger partial charge in [-0.05, 0) is 40.3 Å². The van der Waals surface area contributed by atoms with Crippen LogP contribution in [0.3, 0.4) is 0 Å². The molecule has 0 unspecified atom stereocenters. The zero-order valence-corrected chi connectivity index (χ0v) is 7.28. The molecule has 1 aliphatic rings. The Kier molecular flexibility index (Phi) is 2.50. The lowest BCUT2D eigenvalue weighted by molar-refractivity contribution is 0.366. The first kappa shape index (κ1) is 7.80. The van der Waals surface area contributed by atoms with E-state index in [0.29, 0.717) is 0 Å². The fourth-order valence-electron chi connectivity index (χ4n) is 1.45. The summed E-state index contributed by atoms with van der Waals surface area (Å²) in [5, 5.41) is 0. The molecule has 1 rings (SSSR count). The van der Waals surface area contributed by atoms with Crippen LogP contribution in [-0.4, -0.2) is 25.0 Å². The Hall–Kier alpha value is -0.300. The van der Waals surface area contributed by atoms with Gasteiger partial charge in [-0.1, -0.05) is 11.1 Å². The van der Waals surface area contributed by atoms with E-state index >= 15 is 0 Å². The van der Waals surface area contributed by atoms with E-state index in [4.69, 9.17) is 0 Å². The van der Waals surface area contributed by atoms with Crippen LogP contribution in [0.5, 0.6) is 0 Å². The Bertz CT molecular complexity index is 147. The highest BCUT2D eigenvalue weighted by Gasteiger charge is 2.06. The van der Waals surface area contributed by atoms with Gasteiger partial charge in [0.15, 0.2) is 0 Å². The van der Waals surface area contributed by atoms with E-state index in [1.54, 1.807) is 11.1 Å². The molecule has 1 nitrogen and oxygen atoms in total. The van der Waals surface area contributed by atoms with Crippen LogP contribution >= 0.6 is 0 Å². The maximum absolute atomic E-state index is 2.39. The van der Waals surface area contributed by atoms with Gasteiger partial charge in [0, 0.05) is 6.54 Å². The van der Waals surface area contributed by atoms with Crippen LogP contribution < -0.4 is 0 Å². The van der Waals surface area contributed by atoms with Gasteiger partial charge in [-0.15, -0.1) is 0 Å². The van der Waals surface area contributed by atoms with E-state index < -0.39 is 0 Å². The molecule has 0 aromatic rings. The Balaban J connectivity index is 2.61. The molecule has 0 aliphatic carbocycles. The zero-order valence-electron chi connectivity index (χ0n) is 7.28. The van der Waals surface area contributed by atoms with Crippen molar-refractivity contribution in [1.29, 1.82) is 0 Å². The normalized spacial score (nSPS) is 23.1. The van der Waals surface area contributed by atoms with E-state index in [1.807, 2.05) is 0 Å². The maximum atomic E-state index is 2.39. The van der Waals surface area contributed by atoms with Crippen molar-refractivity contribution in [2.75, 3.05) is 20.1 Å². The lowest BCUT2D eigenvalue weighted by Gasteiger charge is -2.12. The molecule has 1 heterocycles. The van der Waals surface area contributed by atoms with Crippen LogP contribution in [0, 0.1) is 0 Å². The molecule has 0 atom stereocenters. The van der Waals surface area contributed by atoms with Crippen LogP contribution in [0.25, 0.3) is 0 Å². The molecular formula is C9H17N. The highest BCUT2D eigenvalue weighted by molar-refractivity contribution is 5.12. The monoisotopic (exact) mass is 139 g/mol.